The van der Waals surface area contributed by atoms with Gasteiger partial charge in [-0.05, 0) is 22.0 Å². The first-order chi connectivity index (χ1) is 7.23. The second-order valence-corrected chi connectivity index (χ2v) is 4.38. The summed E-state index contributed by atoms with van der Waals surface area (Å²) in [6.07, 6.45) is -0.422. The quantitative estimate of drug-likeness (QED) is 0.524. The van der Waals surface area contributed by atoms with Crippen LogP contribution in [0.5, 0.6) is 0 Å². The van der Waals surface area contributed by atoms with E-state index in [0.717, 1.165) is 0 Å². The molecule has 1 atom stereocenters. The van der Waals surface area contributed by atoms with E-state index in [0.29, 0.717) is 0 Å². The maximum atomic E-state index is 11.2. The summed E-state index contributed by atoms with van der Waals surface area (Å²) in [4.78, 5) is 29.9. The minimum absolute atomic E-state index is 0.114. The lowest BCUT2D eigenvalue weighted by molar-refractivity contribution is -0.251. The van der Waals surface area contributed by atoms with Gasteiger partial charge < -0.3 is 5.73 Å². The van der Waals surface area contributed by atoms with Crippen LogP contribution in [-0.4, -0.2) is 25.9 Å². The number of nitrogens with two attached hydrogens (primary N) is 1. The number of carbonyl (C=O) groups is 2. The lowest BCUT2D eigenvalue weighted by Gasteiger charge is -2.20. The lowest BCUT2D eigenvalue weighted by atomic mass is 9.98. The molecule has 1 heterocycles. The zero-order valence-corrected chi connectivity index (χ0v) is 8.98. The van der Waals surface area contributed by atoms with Gasteiger partial charge in [0.2, 0.25) is 0 Å². The lowest BCUT2D eigenvalue weighted by Crippen LogP contribution is -2.47. The number of carbonyl (C=O) groups excluding carboxylic acids is 2. The average molecular weight is 255 g/mol. The van der Waals surface area contributed by atoms with E-state index >= 15 is 0 Å². The highest BCUT2D eigenvalue weighted by Gasteiger charge is 2.35. The van der Waals surface area contributed by atoms with E-state index in [1.165, 1.54) is 6.92 Å². The maximum absolute atomic E-state index is 11.2. The highest BCUT2D eigenvalue weighted by molar-refractivity contribution is 7.81. The van der Waals surface area contributed by atoms with Crippen molar-refractivity contribution in [3.05, 3.63) is 0 Å². The first-order valence-electron chi connectivity index (χ1n) is 4.06. The Morgan fingerprint density at radius 1 is 1.25 bits per heavy atom. The van der Waals surface area contributed by atoms with Crippen LogP contribution in [0.25, 0.3) is 0 Å². The summed E-state index contributed by atoms with van der Waals surface area (Å²) in [5.74, 6) is -2.15. The molecule has 0 aromatic rings. The monoisotopic (exact) mass is 255 g/mol. The van der Waals surface area contributed by atoms with Crippen molar-refractivity contribution in [1.29, 1.82) is 0 Å². The molecule has 1 saturated heterocycles. The molecule has 9 nitrogen and oxygen atoms in total. The molecule has 1 rings (SSSR count). The summed E-state index contributed by atoms with van der Waals surface area (Å²) >= 11 is 0. The molecule has 0 amide bonds. The third kappa shape index (κ3) is 3.41. The van der Waals surface area contributed by atoms with Crippen molar-refractivity contribution in [2.24, 2.45) is 5.73 Å². The van der Waals surface area contributed by atoms with Crippen molar-refractivity contribution in [2.45, 2.75) is 25.3 Å². The van der Waals surface area contributed by atoms with E-state index in [-0.39, 0.29) is 12.8 Å². The molecule has 0 bridgehead atoms. The van der Waals surface area contributed by atoms with Crippen LogP contribution >= 0.6 is 0 Å². The Morgan fingerprint density at radius 3 is 2.44 bits per heavy atom. The fourth-order valence-electron chi connectivity index (χ4n) is 0.764. The van der Waals surface area contributed by atoms with Crippen LogP contribution in [0.15, 0.2) is 0 Å². The van der Waals surface area contributed by atoms with Gasteiger partial charge in [-0.3, -0.25) is 9.78 Å². The molecule has 0 saturated carbocycles. The van der Waals surface area contributed by atoms with E-state index < -0.39 is 27.9 Å². The van der Waals surface area contributed by atoms with Gasteiger partial charge in [-0.2, -0.15) is 8.42 Å². The molecule has 2 N–H and O–H groups in total. The average Bonchev–Trinajstić information content (AvgIpc) is 2.19. The fourth-order valence-corrected chi connectivity index (χ4v) is 1.09. The predicted octanol–water partition coefficient (Wildman–Crippen LogP) is -1.31. The highest BCUT2D eigenvalue weighted by atomic mass is 32.3. The van der Waals surface area contributed by atoms with Gasteiger partial charge in [0.1, 0.15) is 5.54 Å². The smallest absolute Gasteiger partial charge is 0.316 e. The normalized spacial score (nSPS) is 31.4. The topological polar surface area (TPSA) is 131 Å². The SMILES string of the molecule is CC1(N)CCC(=O)OOS(=O)(=O)OOC1=O. The largest absolute Gasteiger partial charge is 0.471 e. The Bertz CT molecular complexity index is 399. The van der Waals surface area contributed by atoms with Crippen LogP contribution in [0, 0.1) is 0 Å². The third-order valence-electron chi connectivity index (χ3n) is 1.72. The van der Waals surface area contributed by atoms with Gasteiger partial charge in [0.25, 0.3) is 0 Å². The number of rotatable bonds is 0. The van der Waals surface area contributed by atoms with Crippen molar-refractivity contribution in [3.8, 4) is 0 Å². The molecule has 1 fully saturated rings. The van der Waals surface area contributed by atoms with Gasteiger partial charge in [-0.1, -0.05) is 0 Å². The van der Waals surface area contributed by atoms with E-state index in [2.05, 4.69) is 18.4 Å². The molecule has 1 aliphatic rings. The standard InChI is InChI=1S/C6H9NO8S/c1-6(7)3-2-4(8)12-14-16(10,11)15-13-5(6)9/h2-3,7H2,1H3. The van der Waals surface area contributed by atoms with Crippen LogP contribution in [0.3, 0.4) is 0 Å². The van der Waals surface area contributed by atoms with Gasteiger partial charge >= 0.3 is 22.3 Å². The molecule has 0 aromatic carbocycles. The number of hydrogen-bond donors (Lipinski definition) is 1. The van der Waals surface area contributed by atoms with Crippen LogP contribution in [0.4, 0.5) is 0 Å². The van der Waals surface area contributed by atoms with Crippen molar-refractivity contribution >= 4 is 22.3 Å². The van der Waals surface area contributed by atoms with E-state index in [9.17, 15) is 18.0 Å². The van der Waals surface area contributed by atoms with Crippen LogP contribution < -0.4 is 5.73 Å². The molecule has 0 spiro atoms. The van der Waals surface area contributed by atoms with E-state index in [4.69, 9.17) is 5.73 Å². The molecule has 16 heavy (non-hydrogen) atoms. The molecule has 92 valence electrons. The fraction of sp³-hybridized carbons (Fsp3) is 0.667. The summed E-state index contributed by atoms with van der Waals surface area (Å²) in [5.41, 5.74) is 3.90. The van der Waals surface area contributed by atoms with Gasteiger partial charge in [0, 0.05) is 0 Å². The van der Waals surface area contributed by atoms with Gasteiger partial charge in [0.05, 0.1) is 6.42 Å². The summed E-state index contributed by atoms with van der Waals surface area (Å²) in [6.45, 7) is 1.25. The van der Waals surface area contributed by atoms with Crippen molar-refractivity contribution in [3.63, 3.8) is 0 Å². The summed E-state index contributed by atoms with van der Waals surface area (Å²) in [7, 11) is -4.74. The minimum atomic E-state index is -4.74. The molecule has 1 unspecified atom stereocenters. The zero-order chi connectivity index (χ0) is 12.4. The molecular weight excluding hydrogens is 246 g/mol. The molecule has 0 aromatic heterocycles. The van der Waals surface area contributed by atoms with Gasteiger partial charge in [-0.15, -0.1) is 0 Å². The van der Waals surface area contributed by atoms with Crippen LogP contribution in [0.2, 0.25) is 0 Å². The van der Waals surface area contributed by atoms with Gasteiger partial charge in [0.15, 0.2) is 0 Å². The third-order valence-corrected chi connectivity index (χ3v) is 2.19. The molecular formula is C6H9NO8S. The predicted molar refractivity (Wildman–Crippen MR) is 45.1 cm³/mol. The van der Waals surface area contributed by atoms with Gasteiger partial charge in [-0.25, -0.2) is 9.59 Å². The van der Waals surface area contributed by atoms with E-state index in [1.807, 2.05) is 0 Å². The summed E-state index contributed by atoms with van der Waals surface area (Å²) < 4.78 is 28.8. The zero-order valence-electron chi connectivity index (χ0n) is 8.17. The Balaban J connectivity index is 2.85. The first kappa shape index (κ1) is 12.8. The van der Waals surface area contributed by atoms with Crippen molar-refractivity contribution in [1.82, 2.24) is 0 Å². The van der Waals surface area contributed by atoms with Crippen LogP contribution in [-0.2, 0) is 38.4 Å². The minimum Gasteiger partial charge on any atom is -0.316 e. The second-order valence-electron chi connectivity index (χ2n) is 3.29. The molecule has 0 aliphatic carbocycles. The molecule has 10 heteroatoms. The first-order valence-corrected chi connectivity index (χ1v) is 5.40. The number of hydrogen-bond acceptors (Lipinski definition) is 9. The Hall–Kier alpha value is -1.23. The van der Waals surface area contributed by atoms with E-state index in [1.54, 1.807) is 0 Å². The van der Waals surface area contributed by atoms with Crippen LogP contribution in [0.1, 0.15) is 19.8 Å². The maximum Gasteiger partial charge on any atom is 0.471 e. The van der Waals surface area contributed by atoms with Crippen molar-refractivity contribution in [2.75, 3.05) is 0 Å². The Kier molecular flexibility index (Phi) is 3.48. The second kappa shape index (κ2) is 4.33. The Labute approximate surface area is 90.6 Å². The summed E-state index contributed by atoms with van der Waals surface area (Å²) in [5, 5.41) is 0. The highest BCUT2D eigenvalue weighted by Crippen LogP contribution is 2.15. The summed E-state index contributed by atoms with van der Waals surface area (Å²) in [6, 6.07) is 0. The molecule has 1 aliphatic heterocycles. The van der Waals surface area contributed by atoms with Crippen molar-refractivity contribution < 1.29 is 36.4 Å². The Morgan fingerprint density at radius 2 is 1.81 bits per heavy atom. The molecule has 0 radical (unpaired) electrons.